The number of hydrogen-bond donors (Lipinski definition) is 1. The van der Waals surface area contributed by atoms with Gasteiger partial charge in [0.15, 0.2) is 11.5 Å². The summed E-state index contributed by atoms with van der Waals surface area (Å²) < 4.78 is 11.0. The highest BCUT2D eigenvalue weighted by Gasteiger charge is 2.14. The number of rotatable bonds is 8. The molecule has 7 heteroatoms. The molecule has 152 valence electrons. The molecule has 0 spiro atoms. The Labute approximate surface area is 173 Å². The normalized spacial score (nSPS) is 10.7. The van der Waals surface area contributed by atoms with Gasteiger partial charge in [-0.3, -0.25) is 14.9 Å². The molecule has 30 heavy (non-hydrogen) atoms. The first kappa shape index (κ1) is 20.6. The van der Waals surface area contributed by atoms with Crippen molar-refractivity contribution in [1.82, 2.24) is 0 Å². The highest BCUT2D eigenvalue weighted by molar-refractivity contribution is 6.06. The van der Waals surface area contributed by atoms with Crippen LogP contribution in [0.5, 0.6) is 17.2 Å². The van der Waals surface area contributed by atoms with Crippen LogP contribution in [0, 0.1) is 10.1 Å². The van der Waals surface area contributed by atoms with Crippen molar-refractivity contribution in [2.24, 2.45) is 0 Å². The molecular formula is C23H19NO6. The lowest BCUT2D eigenvalue weighted by molar-refractivity contribution is -0.385. The molecule has 0 saturated heterocycles. The van der Waals surface area contributed by atoms with E-state index in [1.165, 1.54) is 37.5 Å². The predicted molar refractivity (Wildman–Crippen MR) is 112 cm³/mol. The first-order valence-electron chi connectivity index (χ1n) is 9.02. The van der Waals surface area contributed by atoms with Crippen molar-refractivity contribution < 1.29 is 24.3 Å². The fraction of sp³-hybridized carbons (Fsp3) is 0.0870. The van der Waals surface area contributed by atoms with E-state index in [2.05, 4.69) is 0 Å². The Morgan fingerprint density at radius 3 is 2.50 bits per heavy atom. The van der Waals surface area contributed by atoms with E-state index in [0.717, 1.165) is 5.56 Å². The number of carbonyl (C=O) groups is 1. The Morgan fingerprint density at radius 1 is 1.07 bits per heavy atom. The molecule has 3 rings (SSSR count). The molecule has 0 aliphatic heterocycles. The summed E-state index contributed by atoms with van der Waals surface area (Å²) in [5.41, 5.74) is 1.75. The molecule has 0 heterocycles. The molecule has 0 aromatic heterocycles. The topological polar surface area (TPSA) is 98.9 Å². The SMILES string of the molecule is COc1ccc(/C=C/C(=O)c2ccc(O)cc2)cc1COc1ccccc1[N+](=O)[O-]. The van der Waals surface area contributed by atoms with Crippen LogP contribution in [0.15, 0.2) is 72.8 Å². The molecule has 0 unspecified atom stereocenters. The Kier molecular flexibility index (Phi) is 6.44. The third kappa shape index (κ3) is 5.02. The van der Waals surface area contributed by atoms with Crippen molar-refractivity contribution in [1.29, 1.82) is 0 Å². The molecule has 0 aliphatic rings. The number of ether oxygens (including phenoxy) is 2. The van der Waals surface area contributed by atoms with E-state index in [0.29, 0.717) is 16.9 Å². The minimum Gasteiger partial charge on any atom is -0.508 e. The van der Waals surface area contributed by atoms with Gasteiger partial charge in [0.2, 0.25) is 0 Å². The lowest BCUT2D eigenvalue weighted by atomic mass is 10.1. The molecule has 7 nitrogen and oxygen atoms in total. The van der Waals surface area contributed by atoms with E-state index >= 15 is 0 Å². The van der Waals surface area contributed by atoms with Crippen molar-refractivity contribution in [2.75, 3.05) is 7.11 Å². The largest absolute Gasteiger partial charge is 0.508 e. The average Bonchev–Trinajstić information content (AvgIpc) is 2.76. The van der Waals surface area contributed by atoms with Crippen molar-refractivity contribution in [2.45, 2.75) is 6.61 Å². The summed E-state index contributed by atoms with van der Waals surface area (Å²) in [6.07, 6.45) is 3.09. The molecule has 1 N–H and O–H groups in total. The summed E-state index contributed by atoms with van der Waals surface area (Å²) in [5, 5.41) is 20.5. The second-order valence-electron chi connectivity index (χ2n) is 6.33. The summed E-state index contributed by atoms with van der Waals surface area (Å²) in [7, 11) is 1.52. The summed E-state index contributed by atoms with van der Waals surface area (Å²) in [6, 6.07) is 17.4. The number of nitrogens with zero attached hydrogens (tertiary/aromatic N) is 1. The Morgan fingerprint density at radius 2 is 1.80 bits per heavy atom. The standard InChI is InChI=1S/C23H19NO6/c1-29-22-13-7-16(6-12-21(26)17-8-10-19(25)11-9-17)14-18(22)15-30-23-5-3-2-4-20(23)24(27)28/h2-14,25H,15H2,1H3/b12-6+. The van der Waals surface area contributed by atoms with E-state index in [4.69, 9.17) is 9.47 Å². The van der Waals surface area contributed by atoms with Crippen LogP contribution in [-0.2, 0) is 6.61 Å². The number of hydrogen-bond acceptors (Lipinski definition) is 6. The zero-order valence-corrected chi connectivity index (χ0v) is 16.1. The number of nitro groups is 1. The second-order valence-corrected chi connectivity index (χ2v) is 6.33. The minimum absolute atomic E-state index is 0.0572. The molecule has 0 fully saturated rings. The van der Waals surface area contributed by atoms with Gasteiger partial charge in [0.25, 0.3) is 0 Å². The van der Waals surface area contributed by atoms with Crippen LogP contribution in [0.25, 0.3) is 6.08 Å². The molecule has 3 aromatic carbocycles. The monoisotopic (exact) mass is 405 g/mol. The lowest BCUT2D eigenvalue weighted by Gasteiger charge is -2.11. The van der Waals surface area contributed by atoms with E-state index in [-0.39, 0.29) is 29.6 Å². The van der Waals surface area contributed by atoms with Gasteiger partial charge < -0.3 is 14.6 Å². The smallest absolute Gasteiger partial charge is 0.310 e. The van der Waals surface area contributed by atoms with Gasteiger partial charge in [-0.05, 0) is 54.1 Å². The van der Waals surface area contributed by atoms with Crippen LogP contribution < -0.4 is 9.47 Å². The molecule has 0 aliphatic carbocycles. The van der Waals surface area contributed by atoms with Crippen LogP contribution in [-0.4, -0.2) is 22.9 Å². The third-order valence-electron chi connectivity index (χ3n) is 4.33. The zero-order valence-electron chi connectivity index (χ0n) is 16.1. The molecule has 0 saturated carbocycles. The molecule has 0 radical (unpaired) electrons. The first-order valence-corrected chi connectivity index (χ1v) is 9.02. The second kappa shape index (κ2) is 9.38. The number of ketones is 1. The summed E-state index contributed by atoms with van der Waals surface area (Å²) in [4.78, 5) is 22.9. The van der Waals surface area contributed by atoms with Gasteiger partial charge in [-0.1, -0.05) is 24.3 Å². The van der Waals surface area contributed by atoms with Gasteiger partial charge in [-0.15, -0.1) is 0 Å². The van der Waals surface area contributed by atoms with Crippen LogP contribution >= 0.6 is 0 Å². The lowest BCUT2D eigenvalue weighted by Crippen LogP contribution is -2.01. The van der Waals surface area contributed by atoms with Gasteiger partial charge in [-0.2, -0.15) is 0 Å². The third-order valence-corrected chi connectivity index (χ3v) is 4.33. The number of phenols is 1. The van der Waals surface area contributed by atoms with Crippen molar-refractivity contribution in [3.63, 3.8) is 0 Å². The first-order chi connectivity index (χ1) is 14.5. The number of aromatic hydroxyl groups is 1. The fourth-order valence-corrected chi connectivity index (χ4v) is 2.79. The highest BCUT2D eigenvalue weighted by Crippen LogP contribution is 2.28. The van der Waals surface area contributed by atoms with E-state index in [1.807, 2.05) is 0 Å². The number of para-hydroxylation sites is 2. The van der Waals surface area contributed by atoms with Crippen LogP contribution in [0.2, 0.25) is 0 Å². The Bertz CT molecular complexity index is 1090. The van der Waals surface area contributed by atoms with Gasteiger partial charge in [0.1, 0.15) is 18.1 Å². The maximum absolute atomic E-state index is 12.3. The summed E-state index contributed by atoms with van der Waals surface area (Å²) in [6.45, 7) is 0.0572. The van der Waals surface area contributed by atoms with Crippen molar-refractivity contribution >= 4 is 17.5 Å². The number of methoxy groups -OCH3 is 1. The quantitative estimate of drug-likeness (QED) is 0.250. The van der Waals surface area contributed by atoms with E-state index < -0.39 is 4.92 Å². The number of phenolic OH excluding ortho intramolecular Hbond substituents is 1. The molecule has 0 amide bonds. The Balaban J connectivity index is 1.77. The number of carbonyl (C=O) groups excluding carboxylic acids is 1. The van der Waals surface area contributed by atoms with Crippen molar-refractivity contribution in [3.05, 3.63) is 99.6 Å². The molecule has 3 aromatic rings. The maximum Gasteiger partial charge on any atom is 0.310 e. The number of benzene rings is 3. The minimum atomic E-state index is -0.499. The van der Waals surface area contributed by atoms with Gasteiger partial charge in [-0.25, -0.2) is 0 Å². The van der Waals surface area contributed by atoms with Crippen LogP contribution in [0.3, 0.4) is 0 Å². The summed E-state index contributed by atoms with van der Waals surface area (Å²) in [5.74, 6) is 0.612. The highest BCUT2D eigenvalue weighted by atomic mass is 16.6. The average molecular weight is 405 g/mol. The van der Waals surface area contributed by atoms with Crippen LogP contribution in [0.1, 0.15) is 21.5 Å². The maximum atomic E-state index is 12.3. The zero-order chi connectivity index (χ0) is 21.5. The molecular weight excluding hydrogens is 386 g/mol. The van der Waals surface area contributed by atoms with Gasteiger partial charge >= 0.3 is 5.69 Å². The molecule has 0 bridgehead atoms. The van der Waals surface area contributed by atoms with Crippen LogP contribution in [0.4, 0.5) is 5.69 Å². The summed E-state index contributed by atoms with van der Waals surface area (Å²) >= 11 is 0. The van der Waals surface area contributed by atoms with E-state index in [9.17, 15) is 20.0 Å². The Hall–Kier alpha value is -4.13. The van der Waals surface area contributed by atoms with Gasteiger partial charge in [0.05, 0.1) is 12.0 Å². The number of allylic oxidation sites excluding steroid dienone is 1. The van der Waals surface area contributed by atoms with Gasteiger partial charge in [0, 0.05) is 17.2 Å². The number of nitro benzene ring substituents is 1. The fourth-order valence-electron chi connectivity index (χ4n) is 2.79. The van der Waals surface area contributed by atoms with Crippen molar-refractivity contribution in [3.8, 4) is 17.2 Å². The van der Waals surface area contributed by atoms with E-state index in [1.54, 1.807) is 48.5 Å². The molecule has 0 atom stereocenters. The predicted octanol–water partition coefficient (Wildman–Crippen LogP) is 4.78.